The number of carbonyl (C=O) groups is 1. The molecule has 0 radical (unpaired) electrons. The Labute approximate surface area is 147 Å². The number of ether oxygens (including phenoxy) is 1. The third-order valence-electron chi connectivity index (χ3n) is 4.43. The minimum absolute atomic E-state index is 0.0501. The number of carbonyl (C=O) groups excluding carboxylic acids is 1. The Kier molecular flexibility index (Phi) is 4.91. The molecule has 0 atom stereocenters. The molecule has 0 saturated heterocycles. The van der Waals surface area contributed by atoms with Crippen molar-refractivity contribution in [2.75, 3.05) is 13.7 Å². The van der Waals surface area contributed by atoms with Crippen LogP contribution in [0.3, 0.4) is 0 Å². The van der Waals surface area contributed by atoms with Crippen molar-refractivity contribution in [1.82, 2.24) is 5.32 Å². The van der Waals surface area contributed by atoms with Crippen LogP contribution < -0.4 is 10.1 Å². The molecule has 1 saturated carbocycles. The Morgan fingerprint density at radius 1 is 1.25 bits per heavy atom. The van der Waals surface area contributed by atoms with Crippen molar-refractivity contribution in [3.63, 3.8) is 0 Å². The lowest BCUT2D eigenvalue weighted by atomic mass is 9.96. The van der Waals surface area contributed by atoms with Gasteiger partial charge in [0.2, 0.25) is 5.91 Å². The van der Waals surface area contributed by atoms with Gasteiger partial charge < -0.3 is 10.1 Å². The quantitative estimate of drug-likeness (QED) is 0.799. The van der Waals surface area contributed by atoms with Crippen LogP contribution in [0, 0.1) is 0 Å². The van der Waals surface area contributed by atoms with E-state index in [9.17, 15) is 4.79 Å². The standard InChI is InChI=1S/C20H20ClNO2/c1-24-18-8-5-15(6-9-18)7-10-19(23)22-14-20(11-12-20)16-3-2-4-17(21)13-16/h2-10,13H,11-12,14H2,1H3,(H,22,23)/b10-7+. The first-order valence-electron chi connectivity index (χ1n) is 7.97. The van der Waals surface area contributed by atoms with Crippen LogP contribution in [0.4, 0.5) is 0 Å². The highest BCUT2D eigenvalue weighted by Gasteiger charge is 2.44. The Hall–Kier alpha value is -2.26. The van der Waals surface area contributed by atoms with E-state index in [4.69, 9.17) is 16.3 Å². The van der Waals surface area contributed by atoms with Crippen molar-refractivity contribution >= 4 is 23.6 Å². The number of rotatable bonds is 6. The summed E-state index contributed by atoms with van der Waals surface area (Å²) >= 11 is 6.07. The average molecular weight is 342 g/mol. The zero-order chi connectivity index (χ0) is 17.0. The van der Waals surface area contributed by atoms with Crippen LogP contribution in [0.5, 0.6) is 5.75 Å². The van der Waals surface area contributed by atoms with E-state index < -0.39 is 0 Å². The maximum atomic E-state index is 12.1. The first kappa shape index (κ1) is 16.6. The third-order valence-corrected chi connectivity index (χ3v) is 4.67. The fourth-order valence-electron chi connectivity index (χ4n) is 2.74. The van der Waals surface area contributed by atoms with Gasteiger partial charge in [0.1, 0.15) is 5.75 Å². The smallest absolute Gasteiger partial charge is 0.244 e. The highest BCUT2D eigenvalue weighted by molar-refractivity contribution is 6.30. The molecule has 1 N–H and O–H groups in total. The predicted molar refractivity (Wildman–Crippen MR) is 97.4 cm³/mol. The summed E-state index contributed by atoms with van der Waals surface area (Å²) in [5.74, 6) is 0.716. The summed E-state index contributed by atoms with van der Waals surface area (Å²) in [4.78, 5) is 12.1. The van der Waals surface area contributed by atoms with Gasteiger partial charge >= 0.3 is 0 Å². The maximum Gasteiger partial charge on any atom is 0.244 e. The molecule has 3 rings (SSSR count). The molecule has 124 valence electrons. The van der Waals surface area contributed by atoms with E-state index in [1.54, 1.807) is 19.3 Å². The fourth-order valence-corrected chi connectivity index (χ4v) is 2.93. The van der Waals surface area contributed by atoms with Gasteiger partial charge in [-0.15, -0.1) is 0 Å². The summed E-state index contributed by atoms with van der Waals surface area (Å²) in [6, 6.07) is 15.5. The lowest BCUT2D eigenvalue weighted by Crippen LogP contribution is -2.31. The van der Waals surface area contributed by atoms with E-state index in [0.29, 0.717) is 6.54 Å². The van der Waals surface area contributed by atoms with Gasteiger partial charge in [-0.2, -0.15) is 0 Å². The van der Waals surface area contributed by atoms with Crippen LogP contribution >= 0.6 is 11.6 Å². The minimum Gasteiger partial charge on any atom is -0.497 e. The van der Waals surface area contributed by atoms with E-state index in [1.807, 2.05) is 42.5 Å². The van der Waals surface area contributed by atoms with Gasteiger partial charge in [0, 0.05) is 23.1 Å². The molecular weight excluding hydrogens is 322 g/mol. The molecule has 0 aromatic heterocycles. The Bertz CT molecular complexity index is 748. The molecule has 2 aromatic carbocycles. The first-order valence-corrected chi connectivity index (χ1v) is 8.35. The summed E-state index contributed by atoms with van der Waals surface area (Å²) in [5.41, 5.74) is 2.21. The average Bonchev–Trinajstić information content (AvgIpc) is 3.40. The lowest BCUT2D eigenvalue weighted by molar-refractivity contribution is -0.116. The second kappa shape index (κ2) is 7.10. The topological polar surface area (TPSA) is 38.3 Å². The predicted octanol–water partition coefficient (Wildman–Crippen LogP) is 4.21. The van der Waals surface area contributed by atoms with Crippen molar-refractivity contribution < 1.29 is 9.53 Å². The molecule has 0 spiro atoms. The monoisotopic (exact) mass is 341 g/mol. The van der Waals surface area contributed by atoms with Crippen LogP contribution in [-0.2, 0) is 10.2 Å². The van der Waals surface area contributed by atoms with E-state index in [1.165, 1.54) is 5.56 Å². The Morgan fingerprint density at radius 2 is 2.00 bits per heavy atom. The van der Waals surface area contributed by atoms with Crippen molar-refractivity contribution in [1.29, 1.82) is 0 Å². The Morgan fingerprint density at radius 3 is 2.62 bits per heavy atom. The lowest BCUT2D eigenvalue weighted by Gasteiger charge is -2.16. The van der Waals surface area contributed by atoms with Gasteiger partial charge in [-0.3, -0.25) is 4.79 Å². The summed E-state index contributed by atoms with van der Waals surface area (Å²) in [6.45, 7) is 0.638. The van der Waals surface area contributed by atoms with E-state index in [0.717, 1.165) is 29.2 Å². The number of benzene rings is 2. The van der Waals surface area contributed by atoms with Crippen molar-refractivity contribution in [2.45, 2.75) is 18.3 Å². The van der Waals surface area contributed by atoms with Gasteiger partial charge in [-0.1, -0.05) is 35.9 Å². The molecule has 0 unspecified atom stereocenters. The van der Waals surface area contributed by atoms with E-state index in [2.05, 4.69) is 11.4 Å². The van der Waals surface area contributed by atoms with Gasteiger partial charge in [0.25, 0.3) is 0 Å². The molecule has 0 aliphatic heterocycles. The molecule has 4 heteroatoms. The molecule has 1 amide bonds. The van der Waals surface area contributed by atoms with E-state index >= 15 is 0 Å². The summed E-state index contributed by atoms with van der Waals surface area (Å²) in [6.07, 6.45) is 5.52. The minimum atomic E-state index is -0.0841. The fraction of sp³-hybridized carbons (Fsp3) is 0.250. The molecule has 2 aromatic rings. The van der Waals surface area contributed by atoms with Crippen LogP contribution in [0.2, 0.25) is 5.02 Å². The van der Waals surface area contributed by atoms with Gasteiger partial charge in [-0.25, -0.2) is 0 Å². The summed E-state index contributed by atoms with van der Waals surface area (Å²) in [5, 5.41) is 3.74. The largest absolute Gasteiger partial charge is 0.497 e. The van der Waals surface area contributed by atoms with Crippen LogP contribution in [0.15, 0.2) is 54.6 Å². The van der Waals surface area contributed by atoms with Crippen LogP contribution in [-0.4, -0.2) is 19.6 Å². The van der Waals surface area contributed by atoms with Crippen LogP contribution in [0.25, 0.3) is 6.08 Å². The number of methoxy groups -OCH3 is 1. The first-order chi connectivity index (χ1) is 11.6. The number of halogens is 1. The van der Waals surface area contributed by atoms with Gasteiger partial charge in [0.15, 0.2) is 0 Å². The normalized spacial score (nSPS) is 15.2. The molecule has 24 heavy (non-hydrogen) atoms. The molecular formula is C20H20ClNO2. The van der Waals surface area contributed by atoms with Gasteiger partial charge in [0.05, 0.1) is 7.11 Å². The van der Waals surface area contributed by atoms with Crippen molar-refractivity contribution in [3.05, 3.63) is 70.8 Å². The summed E-state index contributed by atoms with van der Waals surface area (Å²) in [7, 11) is 1.63. The zero-order valence-electron chi connectivity index (χ0n) is 13.6. The second-order valence-electron chi connectivity index (χ2n) is 6.11. The SMILES string of the molecule is COc1ccc(/C=C/C(=O)NCC2(c3cccc(Cl)c3)CC2)cc1. The number of amides is 1. The molecule has 1 aliphatic rings. The summed E-state index contributed by atoms with van der Waals surface area (Å²) < 4.78 is 5.12. The molecule has 3 nitrogen and oxygen atoms in total. The molecule has 0 bridgehead atoms. The number of hydrogen-bond donors (Lipinski definition) is 1. The third kappa shape index (κ3) is 3.98. The molecule has 0 heterocycles. The Balaban J connectivity index is 1.56. The zero-order valence-corrected chi connectivity index (χ0v) is 14.3. The molecule has 1 aliphatic carbocycles. The highest BCUT2D eigenvalue weighted by atomic mass is 35.5. The highest BCUT2D eigenvalue weighted by Crippen LogP contribution is 2.48. The second-order valence-corrected chi connectivity index (χ2v) is 6.55. The van der Waals surface area contributed by atoms with Crippen LogP contribution in [0.1, 0.15) is 24.0 Å². The van der Waals surface area contributed by atoms with E-state index in [-0.39, 0.29) is 11.3 Å². The maximum absolute atomic E-state index is 12.1. The number of hydrogen-bond acceptors (Lipinski definition) is 2. The number of nitrogens with one attached hydrogen (secondary N) is 1. The van der Waals surface area contributed by atoms with Crippen molar-refractivity contribution in [2.24, 2.45) is 0 Å². The van der Waals surface area contributed by atoms with Crippen molar-refractivity contribution in [3.8, 4) is 5.75 Å². The van der Waals surface area contributed by atoms with Gasteiger partial charge in [-0.05, 0) is 54.3 Å². The molecule has 1 fully saturated rings.